The van der Waals surface area contributed by atoms with E-state index in [1.165, 1.54) is 0 Å². The van der Waals surface area contributed by atoms with Crippen LogP contribution in [0.4, 0.5) is 0 Å². The molecule has 0 N–H and O–H groups in total. The Kier molecular flexibility index (Phi) is 2.79. The molecule has 0 radical (unpaired) electrons. The van der Waals surface area contributed by atoms with Crippen LogP contribution < -0.4 is 0 Å². The van der Waals surface area contributed by atoms with Crippen molar-refractivity contribution in [1.82, 2.24) is 0 Å². The number of esters is 1. The molecule has 1 aliphatic rings. The second-order valence-corrected chi connectivity index (χ2v) is 4.42. The summed E-state index contributed by atoms with van der Waals surface area (Å²) in [4.78, 5) is 22.0. The molecule has 0 spiro atoms. The highest BCUT2D eigenvalue weighted by atomic mass is 35.5. The van der Waals surface area contributed by atoms with Gasteiger partial charge in [0.25, 0.3) is 0 Å². The standard InChI is InChI=1S/C11H10ClNO4/c1-17-10(14)11(13(15)16)6-9(11)7-2-4-8(12)5-3-7/h2-5,9H,6H2,1H3/t9-,11-/m0/s1. The lowest BCUT2D eigenvalue weighted by atomic mass is 10.1. The van der Waals surface area contributed by atoms with E-state index in [1.807, 2.05) is 0 Å². The third-order valence-corrected chi connectivity index (χ3v) is 3.32. The number of carbonyl (C=O) groups is 1. The molecule has 1 fully saturated rings. The molecule has 1 aromatic carbocycles. The minimum absolute atomic E-state index is 0.175. The zero-order valence-electron chi connectivity index (χ0n) is 9.05. The van der Waals surface area contributed by atoms with Crippen LogP contribution in [0.2, 0.25) is 5.02 Å². The van der Waals surface area contributed by atoms with Crippen molar-refractivity contribution < 1.29 is 14.5 Å². The first-order chi connectivity index (χ1) is 8.02. The molecule has 0 saturated heterocycles. The van der Waals surface area contributed by atoms with Crippen molar-refractivity contribution in [2.45, 2.75) is 17.9 Å². The number of hydrogen-bond donors (Lipinski definition) is 0. The van der Waals surface area contributed by atoms with Gasteiger partial charge in [0.05, 0.1) is 13.0 Å². The second kappa shape index (κ2) is 4.00. The highest BCUT2D eigenvalue weighted by molar-refractivity contribution is 6.30. The Balaban J connectivity index is 2.29. The number of ether oxygens (including phenoxy) is 1. The lowest BCUT2D eigenvalue weighted by Gasteiger charge is -2.07. The monoisotopic (exact) mass is 255 g/mol. The fourth-order valence-electron chi connectivity index (χ4n) is 2.02. The summed E-state index contributed by atoms with van der Waals surface area (Å²) in [5.74, 6) is -1.22. The van der Waals surface area contributed by atoms with Gasteiger partial charge in [0.15, 0.2) is 0 Å². The molecule has 5 nitrogen and oxygen atoms in total. The van der Waals surface area contributed by atoms with Gasteiger partial charge in [-0.1, -0.05) is 23.7 Å². The Labute approximate surface area is 102 Å². The predicted molar refractivity (Wildman–Crippen MR) is 60.6 cm³/mol. The molecule has 1 saturated carbocycles. The average Bonchev–Trinajstić information content (AvgIpc) is 3.05. The summed E-state index contributed by atoms with van der Waals surface area (Å²) in [6.45, 7) is 0. The van der Waals surface area contributed by atoms with Gasteiger partial charge in [-0.3, -0.25) is 10.1 Å². The topological polar surface area (TPSA) is 69.4 Å². The highest BCUT2D eigenvalue weighted by Gasteiger charge is 2.73. The van der Waals surface area contributed by atoms with Crippen LogP contribution in [-0.2, 0) is 9.53 Å². The highest BCUT2D eigenvalue weighted by Crippen LogP contribution is 2.54. The van der Waals surface area contributed by atoms with Crippen LogP contribution in [-0.4, -0.2) is 23.5 Å². The molecule has 90 valence electrons. The number of halogens is 1. The van der Waals surface area contributed by atoms with Gasteiger partial charge in [0.2, 0.25) is 0 Å². The van der Waals surface area contributed by atoms with Gasteiger partial charge in [-0.2, -0.15) is 0 Å². The molecule has 0 unspecified atom stereocenters. The van der Waals surface area contributed by atoms with E-state index in [2.05, 4.69) is 4.74 Å². The van der Waals surface area contributed by atoms with Crippen LogP contribution in [0, 0.1) is 10.1 Å². The van der Waals surface area contributed by atoms with E-state index in [-0.39, 0.29) is 6.42 Å². The van der Waals surface area contributed by atoms with Crippen LogP contribution >= 0.6 is 11.6 Å². The molecule has 0 aromatic heterocycles. The average molecular weight is 256 g/mol. The van der Waals surface area contributed by atoms with Gasteiger partial charge < -0.3 is 4.74 Å². The molecule has 1 aliphatic carbocycles. The van der Waals surface area contributed by atoms with Crippen LogP contribution in [0.5, 0.6) is 0 Å². The minimum atomic E-state index is -1.61. The number of methoxy groups -OCH3 is 1. The van der Waals surface area contributed by atoms with Crippen molar-refractivity contribution >= 4 is 17.6 Å². The SMILES string of the molecule is COC(=O)[C@]1([N+](=O)[O-])C[C@H]1c1ccc(Cl)cc1. The smallest absolute Gasteiger partial charge is 0.385 e. The molecule has 0 heterocycles. The van der Waals surface area contributed by atoms with Crippen molar-refractivity contribution in [3.63, 3.8) is 0 Å². The number of carbonyl (C=O) groups excluding carboxylic acids is 1. The van der Waals surface area contributed by atoms with E-state index >= 15 is 0 Å². The largest absolute Gasteiger partial charge is 0.464 e. The number of nitro groups is 1. The Morgan fingerprint density at radius 2 is 2.12 bits per heavy atom. The summed E-state index contributed by atoms with van der Waals surface area (Å²) in [6.07, 6.45) is 0.175. The molecule has 6 heteroatoms. The van der Waals surface area contributed by atoms with Crippen LogP contribution in [0.25, 0.3) is 0 Å². The Morgan fingerprint density at radius 3 is 2.59 bits per heavy atom. The quantitative estimate of drug-likeness (QED) is 0.471. The van der Waals surface area contributed by atoms with Crippen LogP contribution in [0.3, 0.4) is 0 Å². The molecule has 0 bridgehead atoms. The van der Waals surface area contributed by atoms with E-state index in [9.17, 15) is 14.9 Å². The number of rotatable bonds is 3. The van der Waals surface area contributed by atoms with Gasteiger partial charge >= 0.3 is 11.5 Å². The first-order valence-corrected chi connectivity index (χ1v) is 5.38. The normalized spacial score (nSPS) is 26.4. The number of hydrogen-bond acceptors (Lipinski definition) is 4. The summed E-state index contributed by atoms with van der Waals surface area (Å²) < 4.78 is 4.51. The fourth-order valence-corrected chi connectivity index (χ4v) is 2.15. The Morgan fingerprint density at radius 1 is 1.53 bits per heavy atom. The van der Waals surface area contributed by atoms with Crippen molar-refractivity contribution in [2.24, 2.45) is 0 Å². The van der Waals surface area contributed by atoms with Crippen molar-refractivity contribution in [3.05, 3.63) is 45.0 Å². The van der Waals surface area contributed by atoms with Crippen LogP contribution in [0.1, 0.15) is 17.9 Å². The van der Waals surface area contributed by atoms with E-state index in [0.717, 1.165) is 12.7 Å². The summed E-state index contributed by atoms with van der Waals surface area (Å²) >= 11 is 5.73. The van der Waals surface area contributed by atoms with Crippen molar-refractivity contribution in [3.8, 4) is 0 Å². The van der Waals surface area contributed by atoms with Crippen LogP contribution in [0.15, 0.2) is 24.3 Å². The Hall–Kier alpha value is -1.62. The van der Waals surface area contributed by atoms with Crippen molar-refractivity contribution in [1.29, 1.82) is 0 Å². The van der Waals surface area contributed by atoms with Gasteiger partial charge in [0.1, 0.15) is 0 Å². The molecular weight excluding hydrogens is 246 g/mol. The maximum Gasteiger partial charge on any atom is 0.385 e. The fraction of sp³-hybridized carbons (Fsp3) is 0.364. The van der Waals surface area contributed by atoms with Crippen molar-refractivity contribution in [2.75, 3.05) is 7.11 Å². The number of nitrogens with zero attached hydrogens (tertiary/aromatic N) is 1. The molecule has 2 rings (SSSR count). The second-order valence-electron chi connectivity index (χ2n) is 3.98. The van der Waals surface area contributed by atoms with E-state index in [4.69, 9.17) is 11.6 Å². The molecule has 2 atom stereocenters. The lowest BCUT2D eigenvalue weighted by molar-refractivity contribution is -0.526. The molecule has 17 heavy (non-hydrogen) atoms. The third kappa shape index (κ3) is 1.76. The van der Waals surface area contributed by atoms with Gasteiger partial charge in [-0.05, 0) is 17.7 Å². The summed E-state index contributed by atoms with van der Waals surface area (Å²) in [6, 6.07) is 6.69. The van der Waals surface area contributed by atoms with Gasteiger partial charge in [0, 0.05) is 16.4 Å². The zero-order valence-corrected chi connectivity index (χ0v) is 9.81. The van der Waals surface area contributed by atoms with Gasteiger partial charge in [-0.15, -0.1) is 0 Å². The zero-order chi connectivity index (χ0) is 12.6. The molecule has 0 aliphatic heterocycles. The molecular formula is C11H10ClNO4. The maximum atomic E-state index is 11.5. The minimum Gasteiger partial charge on any atom is -0.464 e. The van der Waals surface area contributed by atoms with E-state index in [1.54, 1.807) is 24.3 Å². The molecule has 1 aromatic rings. The van der Waals surface area contributed by atoms with Gasteiger partial charge in [-0.25, -0.2) is 4.79 Å². The first kappa shape index (κ1) is 11.9. The lowest BCUT2D eigenvalue weighted by Crippen LogP contribution is -2.34. The summed E-state index contributed by atoms with van der Waals surface area (Å²) in [7, 11) is 1.16. The summed E-state index contributed by atoms with van der Waals surface area (Å²) in [5.41, 5.74) is -0.876. The van der Waals surface area contributed by atoms with E-state index < -0.39 is 22.3 Å². The van der Waals surface area contributed by atoms with E-state index in [0.29, 0.717) is 5.02 Å². The Bertz CT molecular complexity index is 473. The maximum absolute atomic E-state index is 11.5. The number of benzene rings is 1. The predicted octanol–water partition coefficient (Wildman–Crippen LogP) is 2.02. The first-order valence-electron chi connectivity index (χ1n) is 5.00. The third-order valence-electron chi connectivity index (χ3n) is 3.07. The summed E-state index contributed by atoms with van der Waals surface area (Å²) in [5, 5.41) is 11.6. The molecule has 0 amide bonds.